The summed E-state index contributed by atoms with van der Waals surface area (Å²) in [5.41, 5.74) is -0.781. The first kappa shape index (κ1) is 11.6. The average molecular weight is 236 g/mol. The van der Waals surface area contributed by atoms with Gasteiger partial charge in [0.25, 0.3) is 0 Å². The van der Waals surface area contributed by atoms with E-state index in [0.29, 0.717) is 18.4 Å². The van der Waals surface area contributed by atoms with Gasteiger partial charge >= 0.3 is 5.97 Å². The van der Waals surface area contributed by atoms with Crippen LogP contribution in [0.4, 0.5) is 8.78 Å². The molecule has 0 radical (unpaired) electrons. The predicted molar refractivity (Wildman–Crippen MR) is 46.4 cm³/mol. The average Bonchev–Trinajstić information content (AvgIpc) is 2.06. The van der Waals surface area contributed by atoms with Crippen LogP contribution in [0.3, 0.4) is 0 Å². The quantitative estimate of drug-likeness (QED) is 0.833. The topological polar surface area (TPSA) is 71.4 Å². The normalized spacial score (nSPS) is 11.4. The maximum Gasteiger partial charge on any atom is 0.337 e. The fourth-order valence-corrected chi connectivity index (χ4v) is 2.04. The summed E-state index contributed by atoms with van der Waals surface area (Å²) < 4.78 is 47.9. The molecule has 4 nitrogen and oxygen atoms in total. The highest BCUT2D eigenvalue weighted by atomic mass is 32.2. The smallest absolute Gasteiger partial charge is 0.337 e. The van der Waals surface area contributed by atoms with Crippen molar-refractivity contribution in [2.75, 3.05) is 6.26 Å². The zero-order valence-electron chi connectivity index (χ0n) is 7.49. The number of halogens is 2. The fraction of sp³-hybridized carbons (Fsp3) is 0.125. The Hall–Kier alpha value is -1.50. The number of sulfone groups is 1. The summed E-state index contributed by atoms with van der Waals surface area (Å²) in [6, 6.07) is 1.27. The zero-order chi connectivity index (χ0) is 11.8. The van der Waals surface area contributed by atoms with Gasteiger partial charge in [0.2, 0.25) is 0 Å². The number of hydrogen-bond donors (Lipinski definition) is 1. The maximum atomic E-state index is 13.1. The van der Waals surface area contributed by atoms with Crippen molar-refractivity contribution in [2.45, 2.75) is 4.90 Å². The Kier molecular flexibility index (Phi) is 2.76. The lowest BCUT2D eigenvalue weighted by molar-refractivity contribution is 0.0691. The Morgan fingerprint density at radius 2 is 1.87 bits per heavy atom. The van der Waals surface area contributed by atoms with E-state index in [0.717, 1.165) is 0 Å². The van der Waals surface area contributed by atoms with Crippen molar-refractivity contribution >= 4 is 15.8 Å². The van der Waals surface area contributed by atoms with Gasteiger partial charge in [0.1, 0.15) is 4.90 Å². The number of carboxylic acids is 1. The molecule has 0 saturated heterocycles. The molecule has 1 aromatic rings. The molecule has 1 aromatic carbocycles. The van der Waals surface area contributed by atoms with E-state index in [2.05, 4.69) is 0 Å². The summed E-state index contributed by atoms with van der Waals surface area (Å²) in [7, 11) is -4.13. The van der Waals surface area contributed by atoms with Gasteiger partial charge in [-0.15, -0.1) is 0 Å². The largest absolute Gasteiger partial charge is 0.478 e. The number of rotatable bonds is 2. The Morgan fingerprint density at radius 3 is 2.27 bits per heavy atom. The van der Waals surface area contributed by atoms with E-state index in [1.165, 1.54) is 0 Å². The lowest BCUT2D eigenvalue weighted by Crippen LogP contribution is -2.11. The molecule has 0 atom stereocenters. The second-order valence-corrected chi connectivity index (χ2v) is 4.77. The van der Waals surface area contributed by atoms with Crippen LogP contribution < -0.4 is 0 Å². The summed E-state index contributed by atoms with van der Waals surface area (Å²) in [5.74, 6) is -4.70. The third-order valence-electron chi connectivity index (χ3n) is 1.65. The molecule has 82 valence electrons. The first-order valence-corrected chi connectivity index (χ1v) is 5.55. The summed E-state index contributed by atoms with van der Waals surface area (Å²) >= 11 is 0. The second kappa shape index (κ2) is 3.58. The van der Waals surface area contributed by atoms with Gasteiger partial charge in [-0.3, -0.25) is 0 Å². The molecular formula is C8H6F2O4S. The minimum Gasteiger partial charge on any atom is -0.478 e. The van der Waals surface area contributed by atoms with Crippen molar-refractivity contribution in [1.82, 2.24) is 0 Å². The first-order chi connectivity index (χ1) is 6.75. The van der Waals surface area contributed by atoms with E-state index in [9.17, 15) is 22.0 Å². The molecule has 0 spiro atoms. The molecule has 0 bridgehead atoms. The van der Waals surface area contributed by atoms with Crippen molar-refractivity contribution in [3.05, 3.63) is 29.3 Å². The number of benzene rings is 1. The van der Waals surface area contributed by atoms with Crippen LogP contribution in [0.5, 0.6) is 0 Å². The van der Waals surface area contributed by atoms with E-state index in [1.807, 2.05) is 0 Å². The molecule has 0 unspecified atom stereocenters. The van der Waals surface area contributed by atoms with Gasteiger partial charge in [-0.2, -0.15) is 0 Å². The highest BCUT2D eigenvalue weighted by molar-refractivity contribution is 7.90. The standard InChI is InChI=1S/C8H6F2O4S/c1-15(13,14)7-4(8(11)12)2-3-5(9)6(7)10/h2-3H,1H3,(H,11,12). The van der Waals surface area contributed by atoms with E-state index in [4.69, 9.17) is 5.11 Å². The highest BCUT2D eigenvalue weighted by Crippen LogP contribution is 2.22. The fourth-order valence-electron chi connectivity index (χ4n) is 1.06. The molecular weight excluding hydrogens is 230 g/mol. The van der Waals surface area contributed by atoms with Gasteiger partial charge in [-0.05, 0) is 12.1 Å². The van der Waals surface area contributed by atoms with Gasteiger partial charge in [0, 0.05) is 6.26 Å². The summed E-state index contributed by atoms with van der Waals surface area (Å²) in [6.07, 6.45) is 0.608. The van der Waals surface area contributed by atoms with Crippen molar-refractivity contribution < 1.29 is 27.1 Å². The van der Waals surface area contributed by atoms with Crippen LogP contribution in [0, 0.1) is 11.6 Å². The minimum absolute atomic E-state index is 0.563. The molecule has 0 heterocycles. The van der Waals surface area contributed by atoms with Crippen LogP contribution in [0.2, 0.25) is 0 Å². The maximum absolute atomic E-state index is 13.1. The summed E-state index contributed by atoms with van der Waals surface area (Å²) in [6.45, 7) is 0. The molecule has 0 amide bonds. The molecule has 0 aliphatic heterocycles. The predicted octanol–water partition coefficient (Wildman–Crippen LogP) is 1.07. The second-order valence-electron chi connectivity index (χ2n) is 2.82. The molecule has 0 saturated carbocycles. The van der Waals surface area contributed by atoms with Gasteiger partial charge in [-0.1, -0.05) is 0 Å². The van der Waals surface area contributed by atoms with Crippen LogP contribution in [0.25, 0.3) is 0 Å². The Bertz CT molecular complexity index is 522. The van der Waals surface area contributed by atoms with E-state index < -0.39 is 37.9 Å². The van der Waals surface area contributed by atoms with Crippen LogP contribution in [0.1, 0.15) is 10.4 Å². The number of carboxylic acid groups (broad SMARTS) is 1. The Labute approximate surface area is 84.1 Å². The highest BCUT2D eigenvalue weighted by Gasteiger charge is 2.25. The van der Waals surface area contributed by atoms with Crippen LogP contribution in [0.15, 0.2) is 17.0 Å². The molecule has 15 heavy (non-hydrogen) atoms. The third-order valence-corrected chi connectivity index (χ3v) is 2.79. The zero-order valence-corrected chi connectivity index (χ0v) is 8.31. The van der Waals surface area contributed by atoms with Gasteiger partial charge in [0.05, 0.1) is 5.56 Å². The monoisotopic (exact) mass is 236 g/mol. The molecule has 1 N–H and O–H groups in total. The van der Waals surface area contributed by atoms with E-state index in [-0.39, 0.29) is 0 Å². The number of aromatic carboxylic acids is 1. The van der Waals surface area contributed by atoms with Crippen molar-refractivity contribution in [2.24, 2.45) is 0 Å². The van der Waals surface area contributed by atoms with Crippen molar-refractivity contribution in [3.63, 3.8) is 0 Å². The van der Waals surface area contributed by atoms with E-state index >= 15 is 0 Å². The molecule has 1 rings (SSSR count). The third kappa shape index (κ3) is 2.12. The van der Waals surface area contributed by atoms with Crippen LogP contribution >= 0.6 is 0 Å². The van der Waals surface area contributed by atoms with Crippen molar-refractivity contribution in [3.8, 4) is 0 Å². The summed E-state index contributed by atoms with van der Waals surface area (Å²) in [5, 5.41) is 8.59. The van der Waals surface area contributed by atoms with E-state index in [1.54, 1.807) is 0 Å². The number of hydrogen-bond acceptors (Lipinski definition) is 3. The van der Waals surface area contributed by atoms with Crippen LogP contribution in [-0.4, -0.2) is 25.7 Å². The first-order valence-electron chi connectivity index (χ1n) is 3.66. The number of carbonyl (C=O) groups is 1. The van der Waals surface area contributed by atoms with Crippen molar-refractivity contribution in [1.29, 1.82) is 0 Å². The van der Waals surface area contributed by atoms with Gasteiger partial charge in [-0.25, -0.2) is 22.0 Å². The SMILES string of the molecule is CS(=O)(=O)c1c(C(=O)O)ccc(F)c1F. The molecule has 0 aliphatic carbocycles. The van der Waals surface area contributed by atoms with Gasteiger partial charge in [0.15, 0.2) is 21.5 Å². The van der Waals surface area contributed by atoms with Crippen LogP contribution in [-0.2, 0) is 9.84 Å². The Balaban J connectivity index is 3.72. The Morgan fingerprint density at radius 1 is 1.33 bits per heavy atom. The van der Waals surface area contributed by atoms with Gasteiger partial charge < -0.3 is 5.11 Å². The molecule has 7 heteroatoms. The molecule has 0 aromatic heterocycles. The summed E-state index contributed by atoms with van der Waals surface area (Å²) in [4.78, 5) is 9.45. The lowest BCUT2D eigenvalue weighted by atomic mass is 10.2. The molecule has 0 aliphatic rings. The minimum atomic E-state index is -4.13. The molecule has 0 fully saturated rings. The lowest BCUT2D eigenvalue weighted by Gasteiger charge is -2.05.